The summed E-state index contributed by atoms with van der Waals surface area (Å²) >= 11 is 8.89. The van der Waals surface area contributed by atoms with Gasteiger partial charge in [0.05, 0.1) is 27.2 Å². The highest BCUT2D eigenvalue weighted by Crippen LogP contribution is 2.29. The number of nitrogens with one attached hydrogen (secondary N) is 1. The van der Waals surface area contributed by atoms with E-state index in [-0.39, 0.29) is 20.1 Å². The van der Waals surface area contributed by atoms with E-state index in [0.717, 1.165) is 0 Å². The molecule has 0 amide bonds. The zero-order valence-electron chi connectivity index (χ0n) is 10.7. The molecule has 8 heteroatoms. The Morgan fingerprint density at radius 3 is 2.62 bits per heavy atom. The summed E-state index contributed by atoms with van der Waals surface area (Å²) in [5, 5.41) is 0.148. The Bertz CT molecular complexity index is 783. The molecular formula is C13H10BrClFNO3S. The van der Waals surface area contributed by atoms with Crippen LogP contribution in [0.1, 0.15) is 0 Å². The van der Waals surface area contributed by atoms with Crippen molar-refractivity contribution in [1.82, 2.24) is 0 Å². The molecule has 0 radical (unpaired) electrons. The molecular weight excluding hydrogens is 385 g/mol. The van der Waals surface area contributed by atoms with Gasteiger partial charge in [-0.3, -0.25) is 4.72 Å². The van der Waals surface area contributed by atoms with E-state index in [9.17, 15) is 12.8 Å². The highest BCUT2D eigenvalue weighted by atomic mass is 79.9. The van der Waals surface area contributed by atoms with E-state index in [1.165, 1.54) is 43.5 Å². The minimum atomic E-state index is -3.95. The van der Waals surface area contributed by atoms with Crippen molar-refractivity contribution in [2.45, 2.75) is 4.90 Å². The maximum absolute atomic E-state index is 13.8. The van der Waals surface area contributed by atoms with E-state index in [4.69, 9.17) is 16.3 Å². The first-order valence-electron chi connectivity index (χ1n) is 5.65. The molecule has 0 atom stereocenters. The molecule has 21 heavy (non-hydrogen) atoms. The predicted molar refractivity (Wildman–Crippen MR) is 82.9 cm³/mol. The smallest absolute Gasteiger partial charge is 0.262 e. The van der Waals surface area contributed by atoms with Gasteiger partial charge in [0.1, 0.15) is 5.75 Å². The van der Waals surface area contributed by atoms with Crippen LogP contribution in [0, 0.1) is 5.82 Å². The first-order chi connectivity index (χ1) is 9.85. The second-order valence-electron chi connectivity index (χ2n) is 4.00. The van der Waals surface area contributed by atoms with Gasteiger partial charge in [0.2, 0.25) is 0 Å². The molecule has 2 rings (SSSR count). The first-order valence-corrected chi connectivity index (χ1v) is 8.31. The molecule has 0 spiro atoms. The van der Waals surface area contributed by atoms with Crippen molar-refractivity contribution in [3.63, 3.8) is 0 Å². The molecule has 0 heterocycles. The number of halogens is 3. The molecule has 2 aromatic carbocycles. The fourth-order valence-electron chi connectivity index (χ4n) is 1.60. The molecule has 0 aliphatic heterocycles. The Hall–Kier alpha value is -1.31. The largest absolute Gasteiger partial charge is 0.495 e. The van der Waals surface area contributed by atoms with Gasteiger partial charge in [0, 0.05) is 0 Å². The third-order valence-corrected chi connectivity index (χ3v) is 4.90. The lowest BCUT2D eigenvalue weighted by Gasteiger charge is -2.11. The molecule has 0 aromatic heterocycles. The minimum Gasteiger partial charge on any atom is -0.495 e. The van der Waals surface area contributed by atoms with Crippen LogP contribution in [-0.4, -0.2) is 15.5 Å². The zero-order valence-corrected chi connectivity index (χ0v) is 13.9. The van der Waals surface area contributed by atoms with Crippen LogP contribution in [0.5, 0.6) is 5.75 Å². The number of benzene rings is 2. The van der Waals surface area contributed by atoms with Crippen molar-refractivity contribution >= 4 is 43.2 Å². The Balaban J connectivity index is 2.39. The fraction of sp³-hybridized carbons (Fsp3) is 0.0769. The Morgan fingerprint density at radius 2 is 2.00 bits per heavy atom. The molecule has 0 saturated heterocycles. The monoisotopic (exact) mass is 393 g/mol. The number of ether oxygens (including phenoxy) is 1. The molecule has 1 N–H and O–H groups in total. The van der Waals surface area contributed by atoms with Gasteiger partial charge in [0.25, 0.3) is 10.0 Å². The summed E-state index contributed by atoms with van der Waals surface area (Å²) in [4.78, 5) is -0.0901. The number of hydrogen-bond donors (Lipinski definition) is 1. The topological polar surface area (TPSA) is 55.4 Å². The molecule has 112 valence electrons. The van der Waals surface area contributed by atoms with Gasteiger partial charge in [-0.05, 0) is 46.3 Å². The minimum absolute atomic E-state index is 0.0901. The van der Waals surface area contributed by atoms with E-state index in [1.54, 1.807) is 0 Å². The van der Waals surface area contributed by atoms with Crippen molar-refractivity contribution in [2.24, 2.45) is 0 Å². The van der Waals surface area contributed by atoms with Crippen LogP contribution in [0.2, 0.25) is 5.02 Å². The van der Waals surface area contributed by atoms with E-state index >= 15 is 0 Å². The van der Waals surface area contributed by atoms with E-state index < -0.39 is 15.8 Å². The molecule has 0 bridgehead atoms. The van der Waals surface area contributed by atoms with Gasteiger partial charge in [-0.15, -0.1) is 0 Å². The lowest BCUT2D eigenvalue weighted by atomic mass is 10.3. The fourth-order valence-corrected chi connectivity index (χ4v) is 3.37. The average molecular weight is 395 g/mol. The third-order valence-electron chi connectivity index (χ3n) is 2.63. The second-order valence-corrected chi connectivity index (χ2v) is 6.95. The van der Waals surface area contributed by atoms with Gasteiger partial charge < -0.3 is 4.74 Å². The molecule has 0 fully saturated rings. The maximum Gasteiger partial charge on any atom is 0.262 e. The zero-order chi connectivity index (χ0) is 15.6. The van der Waals surface area contributed by atoms with Crippen molar-refractivity contribution < 1.29 is 17.5 Å². The summed E-state index contributed by atoms with van der Waals surface area (Å²) in [5.41, 5.74) is -0.156. The normalized spacial score (nSPS) is 11.2. The molecule has 0 aliphatic carbocycles. The van der Waals surface area contributed by atoms with Crippen molar-refractivity contribution in [3.8, 4) is 5.75 Å². The number of methoxy groups -OCH3 is 1. The molecule has 4 nitrogen and oxygen atoms in total. The Kier molecular flexibility index (Phi) is 4.75. The predicted octanol–water partition coefficient (Wildman–Crippen LogP) is 4.05. The van der Waals surface area contributed by atoms with Gasteiger partial charge >= 0.3 is 0 Å². The van der Waals surface area contributed by atoms with Crippen LogP contribution in [0.4, 0.5) is 10.1 Å². The van der Waals surface area contributed by atoms with Gasteiger partial charge in [-0.25, -0.2) is 12.8 Å². The summed E-state index contributed by atoms with van der Waals surface area (Å²) < 4.78 is 45.6. The summed E-state index contributed by atoms with van der Waals surface area (Å²) in [6.07, 6.45) is 0. The number of rotatable bonds is 4. The standard InChI is InChI=1S/C13H10BrClFNO3S/c1-20-12-6-5-8(7-10(12)15)21(18,19)17-11-4-2-3-9(14)13(11)16/h2-7,17H,1H3. The van der Waals surface area contributed by atoms with Crippen molar-refractivity contribution in [1.29, 1.82) is 0 Å². The second kappa shape index (κ2) is 6.21. The SMILES string of the molecule is COc1ccc(S(=O)(=O)Nc2cccc(Br)c2F)cc1Cl. The van der Waals surface area contributed by atoms with Crippen LogP contribution >= 0.6 is 27.5 Å². The van der Waals surface area contributed by atoms with E-state index in [1.807, 2.05) is 0 Å². The van der Waals surface area contributed by atoms with Crippen LogP contribution in [0.3, 0.4) is 0 Å². The summed E-state index contributed by atoms with van der Waals surface area (Å²) in [7, 11) is -2.53. The molecule has 0 saturated carbocycles. The average Bonchev–Trinajstić information content (AvgIpc) is 2.43. The Labute approximate surface area is 135 Å². The van der Waals surface area contributed by atoms with E-state index in [0.29, 0.717) is 5.75 Å². The highest BCUT2D eigenvalue weighted by Gasteiger charge is 2.18. The van der Waals surface area contributed by atoms with Crippen LogP contribution in [0.25, 0.3) is 0 Å². The molecule has 0 unspecified atom stereocenters. The lowest BCUT2D eigenvalue weighted by Crippen LogP contribution is -2.14. The van der Waals surface area contributed by atoms with Crippen molar-refractivity contribution in [2.75, 3.05) is 11.8 Å². The third kappa shape index (κ3) is 3.48. The lowest BCUT2D eigenvalue weighted by molar-refractivity contribution is 0.414. The number of hydrogen-bond acceptors (Lipinski definition) is 3. The number of anilines is 1. The quantitative estimate of drug-likeness (QED) is 0.851. The maximum atomic E-state index is 13.8. The van der Waals surface area contributed by atoms with E-state index in [2.05, 4.69) is 20.7 Å². The van der Waals surface area contributed by atoms with Crippen LogP contribution in [-0.2, 0) is 10.0 Å². The summed E-state index contributed by atoms with van der Waals surface area (Å²) in [5.74, 6) is -0.343. The highest BCUT2D eigenvalue weighted by molar-refractivity contribution is 9.10. The van der Waals surface area contributed by atoms with Gasteiger partial charge in [0.15, 0.2) is 5.82 Å². The Morgan fingerprint density at radius 1 is 1.29 bits per heavy atom. The molecule has 0 aliphatic rings. The summed E-state index contributed by atoms with van der Waals surface area (Å²) in [6, 6.07) is 8.29. The summed E-state index contributed by atoms with van der Waals surface area (Å²) in [6.45, 7) is 0. The van der Waals surface area contributed by atoms with Crippen LogP contribution < -0.4 is 9.46 Å². The van der Waals surface area contributed by atoms with Crippen molar-refractivity contribution in [3.05, 3.63) is 51.7 Å². The van der Waals surface area contributed by atoms with Crippen LogP contribution in [0.15, 0.2) is 45.8 Å². The molecule has 2 aromatic rings. The number of sulfonamides is 1. The van der Waals surface area contributed by atoms with Gasteiger partial charge in [-0.1, -0.05) is 17.7 Å². The van der Waals surface area contributed by atoms with Gasteiger partial charge in [-0.2, -0.15) is 0 Å². The first kappa shape index (κ1) is 16.1.